The Morgan fingerprint density at radius 2 is 1.72 bits per heavy atom. The molecule has 3 aromatic carbocycles. The van der Waals surface area contributed by atoms with Gasteiger partial charge in [0.05, 0.1) is 11.1 Å². The number of fused-ring (bicyclic) bond motifs is 2. The average molecular weight is 446 g/mol. The van der Waals surface area contributed by atoms with Gasteiger partial charge in [-0.2, -0.15) is 0 Å². The fraction of sp³-hybridized carbons (Fsp3) is 0.0833. The van der Waals surface area contributed by atoms with E-state index in [1.54, 1.807) is 54.6 Å². The molecule has 158 valence electrons. The van der Waals surface area contributed by atoms with Crippen molar-refractivity contribution in [2.75, 3.05) is 11.9 Å². The SMILES string of the molecule is O=C(CCN1C(=O)c2ccccc2C1=O)Nc1ccc2nc(-c3cccc(Cl)c3)oc2c1. The number of aromatic nitrogens is 1. The lowest BCUT2D eigenvalue weighted by Crippen LogP contribution is -2.32. The Morgan fingerprint density at radius 1 is 0.969 bits per heavy atom. The molecule has 0 radical (unpaired) electrons. The maximum absolute atomic E-state index is 12.4. The molecule has 1 N–H and O–H groups in total. The van der Waals surface area contributed by atoms with Crippen LogP contribution in [0.25, 0.3) is 22.6 Å². The third-order valence-corrected chi connectivity index (χ3v) is 5.42. The molecule has 8 heteroatoms. The number of amides is 3. The highest BCUT2D eigenvalue weighted by atomic mass is 35.5. The fourth-order valence-corrected chi connectivity index (χ4v) is 3.82. The van der Waals surface area contributed by atoms with E-state index < -0.39 is 0 Å². The molecule has 2 heterocycles. The maximum atomic E-state index is 12.4. The first-order valence-electron chi connectivity index (χ1n) is 9.91. The molecule has 32 heavy (non-hydrogen) atoms. The Kier molecular flexibility index (Phi) is 4.95. The standard InChI is InChI=1S/C24H16ClN3O4/c25-15-5-3-4-14(12-15)22-27-19-9-8-16(13-20(19)32-22)26-21(29)10-11-28-23(30)17-6-1-2-7-18(17)24(28)31/h1-9,12-13H,10-11H2,(H,26,29). The number of imide groups is 1. The maximum Gasteiger partial charge on any atom is 0.261 e. The summed E-state index contributed by atoms with van der Waals surface area (Å²) in [5, 5.41) is 3.35. The van der Waals surface area contributed by atoms with Crippen molar-refractivity contribution in [3.05, 3.63) is 82.9 Å². The minimum absolute atomic E-state index is 0.00163. The number of nitrogens with one attached hydrogen (secondary N) is 1. The van der Waals surface area contributed by atoms with E-state index in [4.69, 9.17) is 16.0 Å². The van der Waals surface area contributed by atoms with Gasteiger partial charge in [-0.25, -0.2) is 4.98 Å². The molecule has 1 aromatic heterocycles. The second-order valence-corrected chi connectivity index (χ2v) is 7.75. The van der Waals surface area contributed by atoms with Crippen LogP contribution in [0.3, 0.4) is 0 Å². The summed E-state index contributed by atoms with van der Waals surface area (Å²) < 4.78 is 5.82. The first kappa shape index (κ1) is 20.0. The van der Waals surface area contributed by atoms with Gasteiger partial charge in [0.25, 0.3) is 11.8 Å². The number of hydrogen-bond donors (Lipinski definition) is 1. The number of nitrogens with zero attached hydrogens (tertiary/aromatic N) is 2. The lowest BCUT2D eigenvalue weighted by Gasteiger charge is -2.13. The van der Waals surface area contributed by atoms with Gasteiger partial charge >= 0.3 is 0 Å². The molecule has 0 saturated carbocycles. The predicted molar refractivity (Wildman–Crippen MR) is 120 cm³/mol. The molecule has 7 nitrogen and oxygen atoms in total. The molecule has 0 aliphatic carbocycles. The third kappa shape index (κ3) is 3.63. The van der Waals surface area contributed by atoms with Crippen molar-refractivity contribution in [2.24, 2.45) is 0 Å². The van der Waals surface area contributed by atoms with Crippen LogP contribution in [-0.4, -0.2) is 34.2 Å². The summed E-state index contributed by atoms with van der Waals surface area (Å²) in [5.41, 5.74) is 3.16. The van der Waals surface area contributed by atoms with E-state index >= 15 is 0 Å². The Bertz CT molecular complexity index is 1360. The summed E-state index contributed by atoms with van der Waals surface area (Å²) in [6.45, 7) is 0.00163. The zero-order chi connectivity index (χ0) is 22.2. The van der Waals surface area contributed by atoms with E-state index in [2.05, 4.69) is 10.3 Å². The van der Waals surface area contributed by atoms with Crippen molar-refractivity contribution < 1.29 is 18.8 Å². The van der Waals surface area contributed by atoms with Gasteiger partial charge in [0.15, 0.2) is 5.58 Å². The van der Waals surface area contributed by atoms with Crippen LogP contribution in [0.5, 0.6) is 0 Å². The minimum Gasteiger partial charge on any atom is -0.436 e. The molecular weight excluding hydrogens is 430 g/mol. The van der Waals surface area contributed by atoms with Crippen molar-refractivity contribution in [3.8, 4) is 11.5 Å². The summed E-state index contributed by atoms with van der Waals surface area (Å²) in [4.78, 5) is 42.8. The van der Waals surface area contributed by atoms with Gasteiger partial charge in [-0.15, -0.1) is 0 Å². The smallest absolute Gasteiger partial charge is 0.261 e. The molecule has 0 fully saturated rings. The van der Waals surface area contributed by atoms with Crippen LogP contribution >= 0.6 is 11.6 Å². The largest absolute Gasteiger partial charge is 0.436 e. The molecule has 0 saturated heterocycles. The number of carbonyl (C=O) groups excluding carboxylic acids is 3. The Hall–Kier alpha value is -3.97. The van der Waals surface area contributed by atoms with Gasteiger partial charge in [-0.05, 0) is 42.5 Å². The average Bonchev–Trinajstić information content (AvgIpc) is 3.32. The van der Waals surface area contributed by atoms with Gasteiger partial charge in [0, 0.05) is 35.3 Å². The van der Waals surface area contributed by atoms with Gasteiger partial charge in [-0.1, -0.05) is 29.8 Å². The van der Waals surface area contributed by atoms with Crippen molar-refractivity contribution >= 4 is 46.1 Å². The minimum atomic E-state index is -0.380. The van der Waals surface area contributed by atoms with Crippen molar-refractivity contribution in [1.82, 2.24) is 9.88 Å². The summed E-state index contributed by atoms with van der Waals surface area (Å²) >= 11 is 6.03. The number of halogens is 1. The number of oxazole rings is 1. The second kappa shape index (κ2) is 7.94. The first-order chi connectivity index (χ1) is 15.5. The van der Waals surface area contributed by atoms with Gasteiger partial charge in [0.1, 0.15) is 5.52 Å². The second-order valence-electron chi connectivity index (χ2n) is 7.32. The number of anilines is 1. The number of hydrogen-bond acceptors (Lipinski definition) is 5. The molecule has 4 aromatic rings. The topological polar surface area (TPSA) is 92.5 Å². The molecule has 3 amide bonds. The highest BCUT2D eigenvalue weighted by Crippen LogP contribution is 2.28. The predicted octanol–water partition coefficient (Wildman–Crippen LogP) is 4.77. The number of rotatable bonds is 5. The third-order valence-electron chi connectivity index (χ3n) is 5.18. The van der Waals surface area contributed by atoms with Crippen LogP contribution in [0.4, 0.5) is 5.69 Å². The van der Waals surface area contributed by atoms with E-state index in [0.29, 0.717) is 38.8 Å². The van der Waals surface area contributed by atoms with E-state index in [9.17, 15) is 14.4 Å². The molecule has 0 bridgehead atoms. The van der Waals surface area contributed by atoms with E-state index in [-0.39, 0.29) is 30.7 Å². The van der Waals surface area contributed by atoms with Crippen LogP contribution in [0, 0.1) is 0 Å². The van der Waals surface area contributed by atoms with Crippen molar-refractivity contribution in [2.45, 2.75) is 6.42 Å². The quantitative estimate of drug-likeness (QED) is 0.446. The summed E-state index contributed by atoms with van der Waals surface area (Å²) in [5.74, 6) is -0.655. The van der Waals surface area contributed by atoms with Gasteiger partial charge in [0.2, 0.25) is 11.8 Å². The van der Waals surface area contributed by atoms with E-state index in [0.717, 1.165) is 10.5 Å². The molecule has 1 aliphatic heterocycles. The van der Waals surface area contributed by atoms with E-state index in [1.165, 1.54) is 0 Å². The zero-order valence-corrected chi connectivity index (χ0v) is 17.4. The monoisotopic (exact) mass is 445 g/mol. The van der Waals surface area contributed by atoms with Crippen molar-refractivity contribution in [3.63, 3.8) is 0 Å². The highest BCUT2D eigenvalue weighted by Gasteiger charge is 2.34. The van der Waals surface area contributed by atoms with Gasteiger partial charge < -0.3 is 9.73 Å². The molecular formula is C24H16ClN3O4. The van der Waals surface area contributed by atoms with Crippen molar-refractivity contribution in [1.29, 1.82) is 0 Å². The number of carbonyl (C=O) groups is 3. The Morgan fingerprint density at radius 3 is 2.44 bits per heavy atom. The Balaban J connectivity index is 1.26. The lowest BCUT2D eigenvalue weighted by molar-refractivity contribution is -0.116. The van der Waals surface area contributed by atoms with Crippen LogP contribution in [-0.2, 0) is 4.79 Å². The normalized spacial score (nSPS) is 13.0. The highest BCUT2D eigenvalue weighted by molar-refractivity contribution is 6.30. The van der Waals surface area contributed by atoms with Crippen LogP contribution in [0.1, 0.15) is 27.1 Å². The zero-order valence-electron chi connectivity index (χ0n) is 16.7. The molecule has 5 rings (SSSR count). The molecule has 0 atom stereocenters. The molecule has 0 spiro atoms. The summed E-state index contributed by atoms with van der Waals surface area (Å²) in [6, 6.07) is 19.0. The molecule has 0 unspecified atom stereocenters. The van der Waals surface area contributed by atoms with Crippen LogP contribution in [0.2, 0.25) is 5.02 Å². The first-order valence-corrected chi connectivity index (χ1v) is 10.3. The van der Waals surface area contributed by atoms with Gasteiger partial charge in [-0.3, -0.25) is 19.3 Å². The lowest BCUT2D eigenvalue weighted by atomic mass is 10.1. The van der Waals surface area contributed by atoms with E-state index in [1.807, 2.05) is 12.1 Å². The number of benzene rings is 3. The van der Waals surface area contributed by atoms with Crippen LogP contribution < -0.4 is 5.32 Å². The summed E-state index contributed by atoms with van der Waals surface area (Å²) in [6.07, 6.45) is -0.0202. The summed E-state index contributed by atoms with van der Waals surface area (Å²) in [7, 11) is 0. The van der Waals surface area contributed by atoms with Crippen LogP contribution in [0.15, 0.2) is 71.1 Å². The Labute approximate surface area is 187 Å². The fourth-order valence-electron chi connectivity index (χ4n) is 3.63. The molecule has 1 aliphatic rings.